The minimum absolute atomic E-state index is 0.244. The number of amides is 1. The summed E-state index contributed by atoms with van der Waals surface area (Å²) >= 11 is 0. The van der Waals surface area contributed by atoms with E-state index in [1.807, 2.05) is 0 Å². The Morgan fingerprint density at radius 1 is 1.33 bits per heavy atom. The van der Waals surface area contributed by atoms with Gasteiger partial charge in [-0.05, 0) is 25.7 Å². The Bertz CT molecular complexity index is 423. The van der Waals surface area contributed by atoms with Crippen molar-refractivity contribution in [3.63, 3.8) is 0 Å². The van der Waals surface area contributed by atoms with Crippen LogP contribution in [-0.4, -0.2) is 29.2 Å². The summed E-state index contributed by atoms with van der Waals surface area (Å²) in [6, 6.07) is 0. The van der Waals surface area contributed by atoms with Gasteiger partial charge in [0.1, 0.15) is 18.8 Å². The van der Waals surface area contributed by atoms with Gasteiger partial charge in [-0.1, -0.05) is 6.42 Å². The van der Waals surface area contributed by atoms with Crippen LogP contribution in [-0.2, 0) is 17.6 Å². The fourth-order valence-corrected chi connectivity index (χ4v) is 2.17. The molecule has 1 aliphatic carbocycles. The van der Waals surface area contributed by atoms with E-state index in [2.05, 4.69) is 20.0 Å². The van der Waals surface area contributed by atoms with Gasteiger partial charge in [0, 0.05) is 11.3 Å². The Balaban J connectivity index is 1.97. The van der Waals surface area contributed by atoms with E-state index < -0.39 is 6.09 Å². The molecule has 0 aromatic carbocycles. The molecule has 0 bridgehead atoms. The van der Waals surface area contributed by atoms with Gasteiger partial charge in [0.2, 0.25) is 0 Å². The number of ether oxygens (including phenoxy) is 1. The first-order valence-electron chi connectivity index (χ1n) is 6.26. The molecule has 0 aliphatic heterocycles. The molecule has 0 radical (unpaired) electrons. The summed E-state index contributed by atoms with van der Waals surface area (Å²) in [4.78, 5) is 19.0. The molecule has 0 atom stereocenters. The fraction of sp³-hybridized carbons (Fsp3) is 0.583. The molecule has 2 rings (SSSR count). The van der Waals surface area contributed by atoms with Crippen molar-refractivity contribution in [2.45, 2.75) is 32.1 Å². The van der Waals surface area contributed by atoms with Crippen LogP contribution in [0.15, 0.2) is 6.33 Å². The first kappa shape index (κ1) is 12.6. The largest absolute Gasteiger partial charge is 0.448 e. The zero-order chi connectivity index (χ0) is 12.8. The lowest BCUT2D eigenvalue weighted by Gasteiger charge is -2.12. The Morgan fingerprint density at radius 2 is 2.17 bits per heavy atom. The molecule has 1 heterocycles. The van der Waals surface area contributed by atoms with E-state index in [4.69, 9.17) is 5.73 Å². The van der Waals surface area contributed by atoms with Crippen LogP contribution >= 0.6 is 0 Å². The molecule has 6 heteroatoms. The molecule has 0 saturated carbocycles. The number of primary amides is 1. The van der Waals surface area contributed by atoms with Crippen molar-refractivity contribution in [1.82, 2.24) is 9.97 Å². The summed E-state index contributed by atoms with van der Waals surface area (Å²) in [5.74, 6) is 0.856. The lowest BCUT2D eigenvalue weighted by molar-refractivity contribution is 0.161. The summed E-state index contributed by atoms with van der Waals surface area (Å²) in [6.45, 7) is 0.750. The lowest BCUT2D eigenvalue weighted by Crippen LogP contribution is -2.19. The topological polar surface area (TPSA) is 90.1 Å². The van der Waals surface area contributed by atoms with E-state index in [-0.39, 0.29) is 6.61 Å². The highest BCUT2D eigenvalue weighted by Crippen LogP contribution is 2.23. The van der Waals surface area contributed by atoms with E-state index in [0.717, 1.165) is 24.4 Å². The second kappa shape index (κ2) is 6.18. The number of fused-ring (bicyclic) bond motifs is 1. The van der Waals surface area contributed by atoms with Gasteiger partial charge in [0.25, 0.3) is 0 Å². The predicted octanol–water partition coefficient (Wildman–Crippen LogP) is 1.25. The minimum atomic E-state index is -0.752. The molecule has 18 heavy (non-hydrogen) atoms. The summed E-state index contributed by atoms with van der Waals surface area (Å²) in [6.07, 6.45) is 6.46. The molecule has 6 nitrogen and oxygen atoms in total. The number of aromatic nitrogens is 2. The number of hydrogen-bond donors (Lipinski definition) is 2. The quantitative estimate of drug-likeness (QED) is 0.620. The highest BCUT2D eigenvalue weighted by Gasteiger charge is 2.13. The summed E-state index contributed by atoms with van der Waals surface area (Å²) in [5.41, 5.74) is 7.23. The minimum Gasteiger partial charge on any atom is -0.448 e. The van der Waals surface area contributed by atoms with E-state index in [1.165, 1.54) is 24.8 Å². The van der Waals surface area contributed by atoms with Gasteiger partial charge in [-0.2, -0.15) is 0 Å². The average molecular weight is 250 g/mol. The Labute approximate surface area is 106 Å². The van der Waals surface area contributed by atoms with Crippen LogP contribution in [0.5, 0.6) is 0 Å². The predicted molar refractivity (Wildman–Crippen MR) is 67.3 cm³/mol. The summed E-state index contributed by atoms with van der Waals surface area (Å²) in [5, 5.41) is 3.17. The second-order valence-corrected chi connectivity index (χ2v) is 4.30. The van der Waals surface area contributed by atoms with E-state index in [0.29, 0.717) is 6.54 Å². The maximum absolute atomic E-state index is 10.4. The maximum atomic E-state index is 10.4. The van der Waals surface area contributed by atoms with Gasteiger partial charge in [-0.3, -0.25) is 0 Å². The molecular formula is C12H18N4O2. The van der Waals surface area contributed by atoms with Crippen molar-refractivity contribution >= 4 is 11.9 Å². The SMILES string of the molecule is NC(=O)OCCNc1ncnc2c1CCCCC2. The van der Waals surface area contributed by atoms with Crippen molar-refractivity contribution in [3.05, 3.63) is 17.6 Å². The van der Waals surface area contributed by atoms with Crippen LogP contribution in [0.25, 0.3) is 0 Å². The number of carbonyl (C=O) groups is 1. The smallest absolute Gasteiger partial charge is 0.404 e. The Hall–Kier alpha value is -1.85. The number of nitrogens with two attached hydrogens (primary N) is 1. The average Bonchev–Trinajstić information content (AvgIpc) is 2.60. The van der Waals surface area contributed by atoms with Crippen LogP contribution in [0.1, 0.15) is 30.5 Å². The van der Waals surface area contributed by atoms with Crippen LogP contribution in [0.3, 0.4) is 0 Å². The van der Waals surface area contributed by atoms with Gasteiger partial charge in [-0.25, -0.2) is 14.8 Å². The number of nitrogens with one attached hydrogen (secondary N) is 1. The first-order valence-corrected chi connectivity index (χ1v) is 6.26. The number of carbonyl (C=O) groups excluding carboxylic acids is 1. The first-order chi connectivity index (χ1) is 8.77. The normalized spacial score (nSPS) is 14.4. The van der Waals surface area contributed by atoms with Crippen LogP contribution in [0.4, 0.5) is 10.6 Å². The van der Waals surface area contributed by atoms with Gasteiger partial charge >= 0.3 is 6.09 Å². The molecule has 3 N–H and O–H groups in total. The molecular weight excluding hydrogens is 232 g/mol. The maximum Gasteiger partial charge on any atom is 0.404 e. The van der Waals surface area contributed by atoms with Gasteiger partial charge in [-0.15, -0.1) is 0 Å². The van der Waals surface area contributed by atoms with Gasteiger partial charge < -0.3 is 15.8 Å². The van der Waals surface area contributed by atoms with Gasteiger partial charge in [0.15, 0.2) is 0 Å². The van der Waals surface area contributed by atoms with Crippen molar-refractivity contribution in [1.29, 1.82) is 0 Å². The third kappa shape index (κ3) is 3.32. The van der Waals surface area contributed by atoms with Gasteiger partial charge in [0.05, 0.1) is 6.54 Å². The molecule has 1 aromatic rings. The number of rotatable bonds is 4. The number of hydrogen-bond acceptors (Lipinski definition) is 5. The lowest BCUT2D eigenvalue weighted by atomic mass is 10.1. The zero-order valence-electron chi connectivity index (χ0n) is 10.3. The monoisotopic (exact) mass is 250 g/mol. The molecule has 0 saturated heterocycles. The molecule has 1 aliphatic rings. The molecule has 1 amide bonds. The van der Waals surface area contributed by atoms with E-state index >= 15 is 0 Å². The summed E-state index contributed by atoms with van der Waals surface area (Å²) < 4.78 is 4.67. The Morgan fingerprint density at radius 3 is 3.00 bits per heavy atom. The zero-order valence-corrected chi connectivity index (χ0v) is 10.3. The van der Waals surface area contributed by atoms with E-state index in [9.17, 15) is 4.79 Å². The summed E-state index contributed by atoms with van der Waals surface area (Å²) in [7, 11) is 0. The van der Waals surface area contributed by atoms with E-state index in [1.54, 1.807) is 6.33 Å². The molecule has 0 unspecified atom stereocenters. The number of aryl methyl sites for hydroxylation is 1. The van der Waals surface area contributed by atoms with Crippen molar-refractivity contribution < 1.29 is 9.53 Å². The fourth-order valence-electron chi connectivity index (χ4n) is 2.17. The third-order valence-corrected chi connectivity index (χ3v) is 3.01. The van der Waals surface area contributed by atoms with Crippen molar-refractivity contribution in [2.75, 3.05) is 18.5 Å². The molecule has 0 spiro atoms. The highest BCUT2D eigenvalue weighted by atomic mass is 16.5. The Kier molecular flexibility index (Phi) is 4.33. The van der Waals surface area contributed by atoms with Crippen LogP contribution < -0.4 is 11.1 Å². The highest BCUT2D eigenvalue weighted by molar-refractivity contribution is 5.64. The number of nitrogens with zero attached hydrogens (tertiary/aromatic N) is 2. The molecule has 0 fully saturated rings. The third-order valence-electron chi connectivity index (χ3n) is 3.01. The van der Waals surface area contributed by atoms with Crippen LogP contribution in [0, 0.1) is 0 Å². The van der Waals surface area contributed by atoms with Crippen molar-refractivity contribution in [2.24, 2.45) is 5.73 Å². The molecule has 98 valence electrons. The second-order valence-electron chi connectivity index (χ2n) is 4.30. The number of anilines is 1. The standard InChI is InChI=1S/C12H18N4O2/c13-12(17)18-7-6-14-11-9-4-2-1-3-5-10(9)15-8-16-11/h8H,1-7H2,(H2,13,17)(H,14,15,16). The van der Waals surface area contributed by atoms with Crippen LogP contribution in [0.2, 0.25) is 0 Å². The molecule has 1 aromatic heterocycles. The van der Waals surface area contributed by atoms with Crippen molar-refractivity contribution in [3.8, 4) is 0 Å².